The molecule has 16 heavy (non-hydrogen) atoms. The lowest BCUT2D eigenvalue weighted by atomic mass is 10.3. The van der Waals surface area contributed by atoms with Crippen LogP contribution in [0.3, 0.4) is 0 Å². The first-order chi connectivity index (χ1) is 7.85. The van der Waals surface area contributed by atoms with E-state index < -0.39 is 0 Å². The van der Waals surface area contributed by atoms with Crippen LogP contribution >= 0.6 is 0 Å². The van der Waals surface area contributed by atoms with Gasteiger partial charge in [0.1, 0.15) is 12.1 Å². The highest BCUT2D eigenvalue weighted by atomic mass is 15.3. The predicted molar refractivity (Wildman–Crippen MR) is 63.1 cm³/mol. The van der Waals surface area contributed by atoms with E-state index in [4.69, 9.17) is 0 Å². The molecule has 0 radical (unpaired) electrons. The Balaban J connectivity index is 2.37. The lowest BCUT2D eigenvalue weighted by molar-refractivity contribution is 0.608. The molecule has 2 aromatic rings. The van der Waals surface area contributed by atoms with Crippen LogP contribution in [0.1, 0.15) is 13.3 Å². The van der Waals surface area contributed by atoms with E-state index in [0.717, 1.165) is 30.2 Å². The highest BCUT2D eigenvalue weighted by Gasteiger charge is 2.06. The van der Waals surface area contributed by atoms with Gasteiger partial charge in [-0.25, -0.2) is 9.97 Å². The molecule has 0 atom stereocenters. The zero-order valence-electron chi connectivity index (χ0n) is 9.51. The van der Waals surface area contributed by atoms with Gasteiger partial charge in [0.2, 0.25) is 0 Å². The highest BCUT2D eigenvalue weighted by Crippen LogP contribution is 2.18. The summed E-state index contributed by atoms with van der Waals surface area (Å²) in [4.78, 5) is 8.35. The van der Waals surface area contributed by atoms with Crippen molar-refractivity contribution in [1.29, 1.82) is 0 Å². The number of rotatable bonds is 4. The van der Waals surface area contributed by atoms with Crippen LogP contribution in [0.25, 0.3) is 11.4 Å². The molecule has 2 rings (SSSR count). The zero-order valence-corrected chi connectivity index (χ0v) is 9.51. The van der Waals surface area contributed by atoms with E-state index in [1.807, 2.05) is 23.9 Å². The minimum atomic E-state index is 0.814. The fourth-order valence-corrected chi connectivity index (χ4v) is 1.57. The Bertz CT molecular complexity index is 463. The van der Waals surface area contributed by atoms with E-state index in [0.29, 0.717) is 0 Å². The smallest absolute Gasteiger partial charge is 0.129 e. The van der Waals surface area contributed by atoms with Crippen molar-refractivity contribution in [3.8, 4) is 11.4 Å². The Labute approximate surface area is 94.5 Å². The first-order valence-corrected chi connectivity index (χ1v) is 5.37. The molecule has 0 bridgehead atoms. The van der Waals surface area contributed by atoms with Gasteiger partial charge in [-0.15, -0.1) is 0 Å². The standard InChI is InChI=1S/C11H15N5/c1-3-6-16-10(4-5-15-16)9-7-11(12-2)14-8-13-9/h4-5,7-8H,3,6H2,1-2H3,(H,12,13,14). The zero-order chi connectivity index (χ0) is 11.4. The average Bonchev–Trinajstić information content (AvgIpc) is 2.78. The molecule has 1 N–H and O–H groups in total. The first kappa shape index (κ1) is 10.6. The second kappa shape index (κ2) is 4.74. The fraction of sp³-hybridized carbons (Fsp3) is 0.364. The maximum atomic E-state index is 4.27. The molecule has 84 valence electrons. The van der Waals surface area contributed by atoms with Gasteiger partial charge in [-0.1, -0.05) is 6.92 Å². The maximum absolute atomic E-state index is 4.27. The summed E-state index contributed by atoms with van der Waals surface area (Å²) in [5.74, 6) is 0.814. The number of hydrogen-bond donors (Lipinski definition) is 1. The third kappa shape index (κ3) is 2.03. The summed E-state index contributed by atoms with van der Waals surface area (Å²) in [5.41, 5.74) is 1.92. The van der Waals surface area contributed by atoms with Gasteiger partial charge in [0.05, 0.1) is 11.4 Å². The van der Waals surface area contributed by atoms with Crippen molar-refractivity contribution in [2.45, 2.75) is 19.9 Å². The molecule has 0 amide bonds. The topological polar surface area (TPSA) is 55.6 Å². The van der Waals surface area contributed by atoms with Gasteiger partial charge < -0.3 is 5.32 Å². The van der Waals surface area contributed by atoms with Gasteiger partial charge in [0.15, 0.2) is 0 Å². The molecule has 5 heteroatoms. The minimum absolute atomic E-state index is 0.814. The molecule has 0 spiro atoms. The number of nitrogens with zero attached hydrogens (tertiary/aromatic N) is 4. The average molecular weight is 217 g/mol. The maximum Gasteiger partial charge on any atom is 0.129 e. The third-order valence-corrected chi connectivity index (χ3v) is 2.34. The van der Waals surface area contributed by atoms with Crippen LogP contribution in [0.5, 0.6) is 0 Å². The van der Waals surface area contributed by atoms with E-state index in [-0.39, 0.29) is 0 Å². The van der Waals surface area contributed by atoms with Gasteiger partial charge in [-0.3, -0.25) is 4.68 Å². The normalized spacial score (nSPS) is 10.4. The van der Waals surface area contributed by atoms with Crippen molar-refractivity contribution in [3.05, 3.63) is 24.7 Å². The van der Waals surface area contributed by atoms with Crippen molar-refractivity contribution in [1.82, 2.24) is 19.7 Å². The van der Waals surface area contributed by atoms with Crippen LogP contribution in [0.4, 0.5) is 5.82 Å². The fourth-order valence-electron chi connectivity index (χ4n) is 1.57. The molecule has 0 aliphatic carbocycles. The van der Waals surface area contributed by atoms with E-state index in [1.54, 1.807) is 12.5 Å². The minimum Gasteiger partial charge on any atom is -0.373 e. The van der Waals surface area contributed by atoms with Crippen LogP contribution in [-0.4, -0.2) is 26.8 Å². The van der Waals surface area contributed by atoms with E-state index in [1.165, 1.54) is 0 Å². The Morgan fingerprint density at radius 2 is 2.25 bits per heavy atom. The number of nitrogens with one attached hydrogen (secondary N) is 1. The monoisotopic (exact) mass is 217 g/mol. The summed E-state index contributed by atoms with van der Waals surface area (Å²) >= 11 is 0. The summed E-state index contributed by atoms with van der Waals surface area (Å²) in [6, 6.07) is 3.89. The molecule has 0 fully saturated rings. The molecule has 2 aromatic heterocycles. The van der Waals surface area contributed by atoms with E-state index >= 15 is 0 Å². The van der Waals surface area contributed by atoms with Crippen molar-refractivity contribution in [3.63, 3.8) is 0 Å². The Morgan fingerprint density at radius 3 is 3.00 bits per heavy atom. The van der Waals surface area contributed by atoms with Crippen molar-refractivity contribution in [2.75, 3.05) is 12.4 Å². The van der Waals surface area contributed by atoms with Crippen molar-refractivity contribution < 1.29 is 0 Å². The lowest BCUT2D eigenvalue weighted by Crippen LogP contribution is -2.02. The van der Waals surface area contributed by atoms with Gasteiger partial charge in [-0.05, 0) is 12.5 Å². The number of aryl methyl sites for hydroxylation is 1. The molecule has 2 heterocycles. The van der Waals surface area contributed by atoms with Crippen LogP contribution in [0.2, 0.25) is 0 Å². The molecule has 0 aliphatic rings. The van der Waals surface area contributed by atoms with Gasteiger partial charge in [-0.2, -0.15) is 5.10 Å². The molecule has 0 aliphatic heterocycles. The van der Waals surface area contributed by atoms with Crippen LogP contribution in [-0.2, 0) is 6.54 Å². The van der Waals surface area contributed by atoms with Crippen LogP contribution in [0.15, 0.2) is 24.7 Å². The van der Waals surface area contributed by atoms with Gasteiger partial charge >= 0.3 is 0 Å². The van der Waals surface area contributed by atoms with E-state index in [9.17, 15) is 0 Å². The second-order valence-electron chi connectivity index (χ2n) is 3.48. The quantitative estimate of drug-likeness (QED) is 0.848. The molecule has 0 saturated carbocycles. The summed E-state index contributed by atoms with van der Waals surface area (Å²) in [7, 11) is 1.84. The van der Waals surface area contributed by atoms with Crippen molar-refractivity contribution in [2.24, 2.45) is 0 Å². The Kier molecular flexibility index (Phi) is 3.14. The molecule has 0 aromatic carbocycles. The largest absolute Gasteiger partial charge is 0.373 e. The number of hydrogen-bond acceptors (Lipinski definition) is 4. The first-order valence-electron chi connectivity index (χ1n) is 5.37. The summed E-state index contributed by atoms with van der Waals surface area (Å²) in [5, 5.41) is 7.27. The molecular formula is C11H15N5. The number of aromatic nitrogens is 4. The van der Waals surface area contributed by atoms with Crippen LogP contribution in [0, 0.1) is 0 Å². The molecule has 0 saturated heterocycles. The van der Waals surface area contributed by atoms with Crippen molar-refractivity contribution >= 4 is 5.82 Å². The highest BCUT2D eigenvalue weighted by molar-refractivity contribution is 5.58. The third-order valence-electron chi connectivity index (χ3n) is 2.34. The molecule has 5 nitrogen and oxygen atoms in total. The number of anilines is 1. The Morgan fingerprint density at radius 1 is 1.38 bits per heavy atom. The van der Waals surface area contributed by atoms with Crippen LogP contribution < -0.4 is 5.32 Å². The lowest BCUT2D eigenvalue weighted by Gasteiger charge is -2.06. The predicted octanol–water partition coefficient (Wildman–Crippen LogP) is 1.79. The SMILES string of the molecule is CCCn1nccc1-c1cc(NC)ncn1. The summed E-state index contributed by atoms with van der Waals surface area (Å²) in [6.45, 7) is 3.03. The summed E-state index contributed by atoms with van der Waals surface area (Å²) < 4.78 is 1.96. The van der Waals surface area contributed by atoms with E-state index in [2.05, 4.69) is 27.3 Å². The Hall–Kier alpha value is -1.91. The van der Waals surface area contributed by atoms with Gasteiger partial charge in [0.25, 0.3) is 0 Å². The second-order valence-corrected chi connectivity index (χ2v) is 3.48. The van der Waals surface area contributed by atoms with Gasteiger partial charge in [0, 0.05) is 25.9 Å². The molecular weight excluding hydrogens is 202 g/mol. The molecule has 0 unspecified atom stereocenters. The summed E-state index contributed by atoms with van der Waals surface area (Å²) in [6.07, 6.45) is 4.41.